The van der Waals surface area contributed by atoms with Gasteiger partial charge in [-0.15, -0.1) is 11.3 Å². The second-order valence-corrected chi connectivity index (χ2v) is 5.00. The number of aryl methyl sites for hydroxylation is 1. The Kier molecular flexibility index (Phi) is 3.88. The van der Waals surface area contributed by atoms with Gasteiger partial charge >= 0.3 is 0 Å². The third kappa shape index (κ3) is 2.78. The summed E-state index contributed by atoms with van der Waals surface area (Å²) >= 11 is 1.73. The number of hydrogen-bond acceptors (Lipinski definition) is 4. The Morgan fingerprint density at radius 3 is 2.88 bits per heavy atom. The van der Waals surface area contributed by atoms with Crippen LogP contribution in [-0.2, 0) is 6.42 Å². The predicted octanol–water partition coefficient (Wildman–Crippen LogP) is 1.94. The van der Waals surface area contributed by atoms with Crippen LogP contribution in [0, 0.1) is 0 Å². The van der Waals surface area contributed by atoms with Crippen molar-refractivity contribution in [2.75, 3.05) is 6.61 Å². The molecule has 0 aliphatic rings. The summed E-state index contributed by atoms with van der Waals surface area (Å²) in [6.45, 7) is 0.168. The molecule has 0 fully saturated rings. The molecule has 0 bridgehead atoms. The fraction of sp³-hybridized carbons (Fsp3) is 0.417. The normalized spacial score (nSPS) is 13.1. The standard InChI is InChI=1S/C12H16N2OS/c13-9(7-8-15)5-6-12-14-10-3-1-2-4-11(10)16-12/h1-4,9,15H,5-8,13H2. The van der Waals surface area contributed by atoms with Crippen LogP contribution in [0.2, 0.25) is 0 Å². The fourth-order valence-electron chi connectivity index (χ4n) is 1.65. The molecule has 0 radical (unpaired) electrons. The van der Waals surface area contributed by atoms with Crippen LogP contribution in [0.5, 0.6) is 0 Å². The van der Waals surface area contributed by atoms with Crippen LogP contribution < -0.4 is 5.73 Å². The number of aliphatic hydroxyl groups is 1. The van der Waals surface area contributed by atoms with E-state index in [1.165, 1.54) is 4.70 Å². The number of aliphatic hydroxyl groups excluding tert-OH is 1. The molecule has 16 heavy (non-hydrogen) atoms. The molecule has 0 saturated carbocycles. The highest BCUT2D eigenvalue weighted by atomic mass is 32.1. The Morgan fingerprint density at radius 1 is 1.31 bits per heavy atom. The van der Waals surface area contributed by atoms with E-state index in [0.29, 0.717) is 6.42 Å². The van der Waals surface area contributed by atoms with Crippen LogP contribution in [0.4, 0.5) is 0 Å². The van der Waals surface area contributed by atoms with E-state index in [1.54, 1.807) is 11.3 Å². The van der Waals surface area contributed by atoms with Gasteiger partial charge in [-0.2, -0.15) is 0 Å². The van der Waals surface area contributed by atoms with Gasteiger partial charge in [-0.3, -0.25) is 0 Å². The Balaban J connectivity index is 1.99. The maximum absolute atomic E-state index is 8.76. The van der Waals surface area contributed by atoms with Crippen molar-refractivity contribution in [2.45, 2.75) is 25.3 Å². The van der Waals surface area contributed by atoms with Gasteiger partial charge in [0.25, 0.3) is 0 Å². The Labute approximate surface area is 98.9 Å². The molecule has 2 rings (SSSR count). The van der Waals surface area contributed by atoms with E-state index in [1.807, 2.05) is 18.2 Å². The van der Waals surface area contributed by atoms with Crippen LogP contribution in [0.3, 0.4) is 0 Å². The maximum Gasteiger partial charge on any atom is 0.0939 e. The third-order valence-electron chi connectivity index (χ3n) is 2.57. The molecule has 1 heterocycles. The van der Waals surface area contributed by atoms with Crippen molar-refractivity contribution in [2.24, 2.45) is 5.73 Å². The summed E-state index contributed by atoms with van der Waals surface area (Å²) in [4.78, 5) is 4.55. The molecule has 3 N–H and O–H groups in total. The Hall–Kier alpha value is -0.970. The van der Waals surface area contributed by atoms with Crippen molar-refractivity contribution in [1.82, 2.24) is 4.98 Å². The van der Waals surface area contributed by atoms with Crippen molar-refractivity contribution in [3.63, 3.8) is 0 Å². The van der Waals surface area contributed by atoms with E-state index in [4.69, 9.17) is 10.8 Å². The summed E-state index contributed by atoms with van der Waals surface area (Å²) in [5.74, 6) is 0. The third-order valence-corrected chi connectivity index (χ3v) is 3.66. The molecule has 86 valence electrons. The van der Waals surface area contributed by atoms with Gasteiger partial charge in [0.1, 0.15) is 0 Å². The minimum atomic E-state index is 0.0806. The second-order valence-electron chi connectivity index (χ2n) is 3.89. The van der Waals surface area contributed by atoms with Crippen LogP contribution in [0.1, 0.15) is 17.8 Å². The minimum Gasteiger partial charge on any atom is -0.396 e. The van der Waals surface area contributed by atoms with Gasteiger partial charge in [-0.1, -0.05) is 12.1 Å². The van der Waals surface area contributed by atoms with Crippen molar-refractivity contribution in [3.8, 4) is 0 Å². The van der Waals surface area contributed by atoms with Gasteiger partial charge in [-0.25, -0.2) is 4.98 Å². The van der Waals surface area contributed by atoms with Gasteiger partial charge in [-0.05, 0) is 25.0 Å². The highest BCUT2D eigenvalue weighted by Crippen LogP contribution is 2.22. The number of nitrogens with zero attached hydrogens (tertiary/aromatic N) is 1. The first-order chi connectivity index (χ1) is 7.79. The summed E-state index contributed by atoms with van der Waals surface area (Å²) in [7, 11) is 0. The number of rotatable bonds is 5. The Bertz CT molecular complexity index is 422. The molecule has 0 spiro atoms. The van der Waals surface area contributed by atoms with E-state index in [9.17, 15) is 0 Å². The molecule has 1 unspecified atom stereocenters. The van der Waals surface area contributed by atoms with Crippen molar-refractivity contribution in [3.05, 3.63) is 29.3 Å². The summed E-state index contributed by atoms with van der Waals surface area (Å²) in [5.41, 5.74) is 6.91. The number of thiazole rings is 1. The maximum atomic E-state index is 8.76. The predicted molar refractivity (Wildman–Crippen MR) is 67.6 cm³/mol. The van der Waals surface area contributed by atoms with E-state index >= 15 is 0 Å². The second kappa shape index (κ2) is 5.39. The molecule has 0 amide bonds. The van der Waals surface area contributed by atoms with Gasteiger partial charge in [0.15, 0.2) is 0 Å². The lowest BCUT2D eigenvalue weighted by atomic mass is 10.1. The molecule has 1 aromatic carbocycles. The zero-order valence-corrected chi connectivity index (χ0v) is 9.91. The largest absolute Gasteiger partial charge is 0.396 e. The lowest BCUT2D eigenvalue weighted by molar-refractivity contribution is 0.273. The summed E-state index contributed by atoms with van der Waals surface area (Å²) in [6.07, 6.45) is 2.46. The Morgan fingerprint density at radius 2 is 2.12 bits per heavy atom. The fourth-order valence-corrected chi connectivity index (χ4v) is 2.63. The number of nitrogens with two attached hydrogens (primary N) is 1. The zero-order valence-electron chi connectivity index (χ0n) is 9.10. The van der Waals surface area contributed by atoms with Gasteiger partial charge < -0.3 is 10.8 Å². The van der Waals surface area contributed by atoms with Gasteiger partial charge in [0.2, 0.25) is 0 Å². The summed E-state index contributed by atoms with van der Waals surface area (Å²) in [6, 6.07) is 8.23. The zero-order chi connectivity index (χ0) is 11.4. The van der Waals surface area contributed by atoms with Crippen LogP contribution in [0.25, 0.3) is 10.2 Å². The SMILES string of the molecule is NC(CCO)CCc1nc2ccccc2s1. The first kappa shape index (κ1) is 11.5. The molecular weight excluding hydrogens is 220 g/mol. The number of para-hydroxylation sites is 1. The number of benzene rings is 1. The summed E-state index contributed by atoms with van der Waals surface area (Å²) in [5, 5.41) is 9.89. The average molecular weight is 236 g/mol. The highest BCUT2D eigenvalue weighted by Gasteiger charge is 2.06. The monoisotopic (exact) mass is 236 g/mol. The first-order valence-electron chi connectivity index (χ1n) is 5.50. The molecule has 2 aromatic rings. The van der Waals surface area contributed by atoms with Crippen LogP contribution in [0.15, 0.2) is 24.3 Å². The lowest BCUT2D eigenvalue weighted by Gasteiger charge is -2.07. The van der Waals surface area contributed by atoms with Crippen molar-refractivity contribution in [1.29, 1.82) is 0 Å². The number of aromatic nitrogens is 1. The molecule has 1 atom stereocenters. The quantitative estimate of drug-likeness (QED) is 0.834. The van der Waals surface area contributed by atoms with E-state index in [0.717, 1.165) is 23.4 Å². The average Bonchev–Trinajstić information content (AvgIpc) is 2.69. The van der Waals surface area contributed by atoms with Gasteiger partial charge in [0, 0.05) is 19.1 Å². The van der Waals surface area contributed by atoms with E-state index in [-0.39, 0.29) is 12.6 Å². The molecular formula is C12H16N2OS. The summed E-state index contributed by atoms with van der Waals surface area (Å²) < 4.78 is 1.23. The minimum absolute atomic E-state index is 0.0806. The lowest BCUT2D eigenvalue weighted by Crippen LogP contribution is -2.21. The number of fused-ring (bicyclic) bond motifs is 1. The van der Waals surface area contributed by atoms with Crippen LogP contribution >= 0.6 is 11.3 Å². The smallest absolute Gasteiger partial charge is 0.0939 e. The molecule has 0 aliphatic carbocycles. The molecule has 0 aliphatic heterocycles. The highest BCUT2D eigenvalue weighted by molar-refractivity contribution is 7.18. The van der Waals surface area contributed by atoms with Crippen molar-refractivity contribution >= 4 is 21.6 Å². The molecule has 3 nitrogen and oxygen atoms in total. The van der Waals surface area contributed by atoms with Gasteiger partial charge in [0.05, 0.1) is 15.2 Å². The van der Waals surface area contributed by atoms with Crippen LogP contribution in [-0.4, -0.2) is 22.7 Å². The molecule has 0 saturated heterocycles. The van der Waals surface area contributed by atoms with Crippen molar-refractivity contribution < 1.29 is 5.11 Å². The van der Waals surface area contributed by atoms with E-state index < -0.39 is 0 Å². The first-order valence-corrected chi connectivity index (χ1v) is 6.32. The van der Waals surface area contributed by atoms with E-state index in [2.05, 4.69) is 11.1 Å². The number of hydrogen-bond donors (Lipinski definition) is 2. The topological polar surface area (TPSA) is 59.1 Å². The molecule has 1 aromatic heterocycles. The molecule has 4 heteroatoms.